The van der Waals surface area contributed by atoms with Crippen LogP contribution in [0.15, 0.2) is 0 Å². The Hall–Kier alpha value is -0.0700. The molecule has 0 aromatic carbocycles. The van der Waals surface area contributed by atoms with Crippen molar-refractivity contribution in [1.82, 2.24) is 15.5 Å². The van der Waals surface area contributed by atoms with Gasteiger partial charge in [0.05, 0.1) is 12.7 Å². The Morgan fingerprint density at radius 1 is 1.40 bits per heavy atom. The van der Waals surface area contributed by atoms with Gasteiger partial charge in [-0.15, -0.1) is 24.8 Å². The van der Waals surface area contributed by atoms with Crippen LogP contribution in [0, 0.1) is 0 Å². The van der Waals surface area contributed by atoms with Gasteiger partial charge in [-0.25, -0.2) is 0 Å². The highest BCUT2D eigenvalue weighted by atomic mass is 35.5. The third kappa shape index (κ3) is 7.09. The van der Waals surface area contributed by atoms with Crippen LogP contribution in [-0.4, -0.2) is 61.8 Å². The molecule has 0 aliphatic carbocycles. The topological polar surface area (TPSA) is 53.6 Å². The van der Waals surface area contributed by atoms with E-state index in [4.69, 9.17) is 4.74 Å². The van der Waals surface area contributed by atoms with Gasteiger partial charge in [0, 0.05) is 19.1 Å². The number of hydrogen-bond donors (Lipinski definition) is 2. The lowest BCUT2D eigenvalue weighted by atomic mass is 10.1. The van der Waals surface area contributed by atoms with Gasteiger partial charge in [0.15, 0.2) is 0 Å². The summed E-state index contributed by atoms with van der Waals surface area (Å²) in [7, 11) is 0. The quantitative estimate of drug-likeness (QED) is 0.765. The Bertz CT molecular complexity index is 266. The fourth-order valence-electron chi connectivity index (χ4n) is 2.27. The fraction of sp³-hybridized carbons (Fsp3) is 0.923. The van der Waals surface area contributed by atoms with Crippen LogP contribution >= 0.6 is 24.8 Å². The number of carbonyl (C=O) groups excluding carboxylic acids is 1. The highest BCUT2D eigenvalue weighted by Gasteiger charge is 2.28. The van der Waals surface area contributed by atoms with Gasteiger partial charge in [-0.1, -0.05) is 13.8 Å². The molecule has 3 atom stereocenters. The van der Waals surface area contributed by atoms with E-state index in [1.807, 2.05) is 13.8 Å². The molecule has 0 saturated carbocycles. The monoisotopic (exact) mass is 329 g/mol. The van der Waals surface area contributed by atoms with Crippen LogP contribution < -0.4 is 10.6 Å². The Morgan fingerprint density at radius 2 is 2.00 bits per heavy atom. The van der Waals surface area contributed by atoms with E-state index < -0.39 is 0 Å². The van der Waals surface area contributed by atoms with E-state index in [0.717, 1.165) is 26.2 Å². The summed E-state index contributed by atoms with van der Waals surface area (Å²) in [6, 6.07) is -0.0637. The van der Waals surface area contributed by atoms with Crippen molar-refractivity contribution >= 4 is 30.7 Å². The van der Waals surface area contributed by atoms with Gasteiger partial charge in [-0.2, -0.15) is 0 Å². The van der Waals surface area contributed by atoms with Gasteiger partial charge in [-0.05, 0) is 26.9 Å². The van der Waals surface area contributed by atoms with E-state index in [9.17, 15) is 4.79 Å². The van der Waals surface area contributed by atoms with Crippen molar-refractivity contribution in [2.24, 2.45) is 0 Å². The first-order valence-electron chi connectivity index (χ1n) is 6.96. The van der Waals surface area contributed by atoms with E-state index >= 15 is 0 Å². The van der Waals surface area contributed by atoms with Crippen LogP contribution in [0.3, 0.4) is 0 Å². The largest absolute Gasteiger partial charge is 0.375 e. The van der Waals surface area contributed by atoms with E-state index in [2.05, 4.69) is 29.4 Å². The smallest absolute Gasteiger partial charge is 0.240 e. The first-order valence-corrected chi connectivity index (χ1v) is 6.96. The Balaban J connectivity index is 0. The number of hydrogen-bond acceptors (Lipinski definition) is 4. The second-order valence-electron chi connectivity index (χ2n) is 4.90. The summed E-state index contributed by atoms with van der Waals surface area (Å²) in [5.74, 6) is 0.0434. The molecule has 1 amide bonds. The third-order valence-corrected chi connectivity index (χ3v) is 3.41. The number of halogens is 2. The number of nitrogens with zero attached hydrogens (tertiary/aromatic N) is 1. The second-order valence-corrected chi connectivity index (χ2v) is 4.90. The van der Waals surface area contributed by atoms with Crippen LogP contribution in [0.2, 0.25) is 0 Å². The average Bonchev–Trinajstić information content (AvgIpc) is 2.36. The predicted molar refractivity (Wildman–Crippen MR) is 87.1 cm³/mol. The molecule has 2 N–H and O–H groups in total. The van der Waals surface area contributed by atoms with E-state index in [-0.39, 0.29) is 48.9 Å². The molecule has 20 heavy (non-hydrogen) atoms. The van der Waals surface area contributed by atoms with Gasteiger partial charge in [0.2, 0.25) is 5.91 Å². The summed E-state index contributed by atoms with van der Waals surface area (Å²) >= 11 is 0. The molecule has 1 fully saturated rings. The number of nitrogens with one attached hydrogen (secondary N) is 2. The van der Waals surface area contributed by atoms with Gasteiger partial charge >= 0.3 is 0 Å². The molecule has 122 valence electrons. The molecular weight excluding hydrogens is 301 g/mol. The summed E-state index contributed by atoms with van der Waals surface area (Å²) in [6.45, 7) is 12.6. The number of ether oxygens (including phenoxy) is 1. The van der Waals surface area contributed by atoms with Crippen molar-refractivity contribution < 1.29 is 9.53 Å². The third-order valence-electron chi connectivity index (χ3n) is 3.41. The molecule has 0 aromatic heterocycles. The Morgan fingerprint density at radius 3 is 2.50 bits per heavy atom. The second kappa shape index (κ2) is 11.6. The minimum absolute atomic E-state index is 0. The molecule has 1 rings (SSSR count). The summed E-state index contributed by atoms with van der Waals surface area (Å²) < 4.78 is 5.48. The summed E-state index contributed by atoms with van der Waals surface area (Å²) in [4.78, 5) is 14.4. The standard InChI is InChI=1S/C13H27N3O2.2ClH/c1-5-16(6-2)9-10(3)15-13(17)12-11(4)18-8-7-14-12;;/h10-12,14H,5-9H2,1-4H3,(H,15,17);2*1H/t10?,11-,12+;;/m1../s1. The highest BCUT2D eigenvalue weighted by Crippen LogP contribution is 2.04. The maximum atomic E-state index is 12.1. The first kappa shape index (κ1) is 22.2. The lowest BCUT2D eigenvalue weighted by molar-refractivity contribution is -0.129. The van der Waals surface area contributed by atoms with Crippen LogP contribution in [-0.2, 0) is 9.53 Å². The molecule has 0 spiro atoms. The lowest BCUT2D eigenvalue weighted by Gasteiger charge is -2.31. The van der Waals surface area contributed by atoms with Crippen molar-refractivity contribution in [1.29, 1.82) is 0 Å². The molecule has 1 saturated heterocycles. The van der Waals surface area contributed by atoms with Crippen molar-refractivity contribution in [2.45, 2.75) is 45.9 Å². The molecule has 0 aromatic rings. The number of amides is 1. The number of morpholine rings is 1. The molecule has 1 unspecified atom stereocenters. The van der Waals surface area contributed by atoms with Gasteiger partial charge in [-0.3, -0.25) is 4.79 Å². The van der Waals surface area contributed by atoms with E-state index in [0.29, 0.717) is 6.61 Å². The molecule has 7 heteroatoms. The Labute approximate surface area is 135 Å². The highest BCUT2D eigenvalue weighted by molar-refractivity contribution is 5.85. The molecule has 0 radical (unpaired) electrons. The first-order chi connectivity index (χ1) is 8.58. The maximum absolute atomic E-state index is 12.1. The normalized spacial score (nSPS) is 23.4. The molecule has 1 aliphatic rings. The molecule has 1 aliphatic heterocycles. The van der Waals surface area contributed by atoms with Crippen LogP contribution in [0.5, 0.6) is 0 Å². The predicted octanol–water partition coefficient (Wildman–Crippen LogP) is 1.05. The molecule has 0 bridgehead atoms. The minimum atomic E-state index is -0.224. The van der Waals surface area contributed by atoms with Crippen molar-refractivity contribution in [3.05, 3.63) is 0 Å². The van der Waals surface area contributed by atoms with Crippen molar-refractivity contribution in [3.8, 4) is 0 Å². The van der Waals surface area contributed by atoms with Gasteiger partial charge in [0.25, 0.3) is 0 Å². The van der Waals surface area contributed by atoms with Crippen LogP contribution in [0.1, 0.15) is 27.7 Å². The molecule has 1 heterocycles. The zero-order valence-corrected chi connectivity index (χ0v) is 14.5. The van der Waals surface area contributed by atoms with Gasteiger partial charge < -0.3 is 20.3 Å². The SMILES string of the molecule is CCN(CC)CC(C)NC(=O)[C@H]1NCCO[C@@H]1C.Cl.Cl. The maximum Gasteiger partial charge on any atom is 0.240 e. The number of carbonyl (C=O) groups is 1. The van der Waals surface area contributed by atoms with Crippen LogP contribution in [0.25, 0.3) is 0 Å². The van der Waals surface area contributed by atoms with E-state index in [1.54, 1.807) is 0 Å². The zero-order chi connectivity index (χ0) is 13.5. The summed E-state index contributed by atoms with van der Waals surface area (Å²) in [5.41, 5.74) is 0. The van der Waals surface area contributed by atoms with Gasteiger partial charge in [0.1, 0.15) is 6.04 Å². The lowest BCUT2D eigenvalue weighted by Crippen LogP contribution is -2.57. The summed E-state index contributed by atoms with van der Waals surface area (Å²) in [5, 5.41) is 6.26. The minimum Gasteiger partial charge on any atom is -0.375 e. The molecular formula is C13H29Cl2N3O2. The zero-order valence-electron chi connectivity index (χ0n) is 12.8. The van der Waals surface area contributed by atoms with Crippen LogP contribution in [0.4, 0.5) is 0 Å². The van der Waals surface area contributed by atoms with Crippen molar-refractivity contribution in [3.63, 3.8) is 0 Å². The average molecular weight is 330 g/mol. The van der Waals surface area contributed by atoms with E-state index in [1.165, 1.54) is 0 Å². The number of rotatable bonds is 6. The number of likely N-dealkylation sites (N-methyl/N-ethyl adjacent to an activating group) is 1. The molecule has 5 nitrogen and oxygen atoms in total. The Kier molecular flexibility index (Phi) is 12.9. The fourth-order valence-corrected chi connectivity index (χ4v) is 2.27. The summed E-state index contributed by atoms with van der Waals surface area (Å²) in [6.07, 6.45) is -0.0561. The van der Waals surface area contributed by atoms with Crippen molar-refractivity contribution in [2.75, 3.05) is 32.8 Å².